The summed E-state index contributed by atoms with van der Waals surface area (Å²) in [4.78, 5) is 11.4. The van der Waals surface area contributed by atoms with Gasteiger partial charge >= 0.3 is 5.97 Å². The number of methoxy groups -OCH3 is 1. The lowest BCUT2D eigenvalue weighted by Gasteiger charge is -2.10. The van der Waals surface area contributed by atoms with Crippen LogP contribution >= 0.6 is 11.8 Å². The Morgan fingerprint density at radius 1 is 1.44 bits per heavy atom. The molecule has 0 amide bonds. The Labute approximate surface area is 112 Å². The lowest BCUT2D eigenvalue weighted by atomic mass is 10.1. The van der Waals surface area contributed by atoms with E-state index in [0.717, 1.165) is 18.7 Å². The normalized spacial score (nSPS) is 10.1. The van der Waals surface area contributed by atoms with Gasteiger partial charge in [-0.25, -0.2) is 4.79 Å². The van der Waals surface area contributed by atoms with E-state index < -0.39 is 0 Å². The molecule has 0 radical (unpaired) electrons. The van der Waals surface area contributed by atoms with Crippen molar-refractivity contribution in [3.63, 3.8) is 0 Å². The molecule has 3 N–H and O–H groups in total. The van der Waals surface area contributed by atoms with Crippen LogP contribution in [0.4, 0.5) is 11.4 Å². The Kier molecular flexibility index (Phi) is 6.43. The fourth-order valence-corrected chi connectivity index (χ4v) is 2.04. The zero-order valence-electron chi connectivity index (χ0n) is 10.9. The molecular weight excluding hydrogens is 248 g/mol. The minimum atomic E-state index is -0.347. The number of benzene rings is 1. The summed E-state index contributed by atoms with van der Waals surface area (Å²) in [7, 11) is 1.37. The van der Waals surface area contributed by atoms with Gasteiger partial charge in [0, 0.05) is 6.54 Å². The van der Waals surface area contributed by atoms with E-state index in [0.29, 0.717) is 11.3 Å². The number of hydrogen-bond acceptors (Lipinski definition) is 5. The molecule has 1 rings (SSSR count). The number of unbranched alkanes of at least 4 members (excludes halogenated alkanes) is 1. The van der Waals surface area contributed by atoms with Crippen LogP contribution in [0, 0.1) is 0 Å². The Balaban J connectivity index is 2.56. The summed E-state index contributed by atoms with van der Waals surface area (Å²) in [6.07, 6.45) is 4.36. The lowest BCUT2D eigenvalue weighted by Crippen LogP contribution is -2.07. The molecule has 1 aromatic rings. The Bertz CT molecular complexity index is 397. The molecule has 0 aromatic heterocycles. The van der Waals surface area contributed by atoms with Gasteiger partial charge in [-0.2, -0.15) is 11.8 Å². The van der Waals surface area contributed by atoms with Crippen molar-refractivity contribution in [2.24, 2.45) is 0 Å². The fraction of sp³-hybridized carbons (Fsp3) is 0.462. The first kappa shape index (κ1) is 14.7. The predicted octanol–water partition coefficient (Wildman–Crippen LogP) is 2.61. The molecule has 0 aliphatic rings. The first-order chi connectivity index (χ1) is 8.69. The van der Waals surface area contributed by atoms with Gasteiger partial charge in [0.25, 0.3) is 0 Å². The highest BCUT2D eigenvalue weighted by atomic mass is 32.2. The van der Waals surface area contributed by atoms with Crippen molar-refractivity contribution in [3.05, 3.63) is 23.8 Å². The monoisotopic (exact) mass is 268 g/mol. The average molecular weight is 268 g/mol. The Morgan fingerprint density at radius 3 is 2.89 bits per heavy atom. The van der Waals surface area contributed by atoms with E-state index in [2.05, 4.69) is 16.3 Å². The molecule has 0 saturated carbocycles. The molecule has 5 heteroatoms. The van der Waals surface area contributed by atoms with Crippen LogP contribution in [0.5, 0.6) is 0 Å². The van der Waals surface area contributed by atoms with Crippen molar-refractivity contribution in [3.8, 4) is 0 Å². The van der Waals surface area contributed by atoms with E-state index in [-0.39, 0.29) is 5.97 Å². The highest BCUT2D eigenvalue weighted by Gasteiger charge is 2.07. The molecule has 0 bridgehead atoms. The standard InChI is InChI=1S/C13H20N2O2S/c1-17-13(16)10-5-6-11(14)12(9-10)15-7-3-4-8-18-2/h5-6,9,15H,3-4,7-8,14H2,1-2H3. The molecule has 0 heterocycles. The van der Waals surface area contributed by atoms with Gasteiger partial charge in [0.05, 0.1) is 24.0 Å². The van der Waals surface area contributed by atoms with Crippen LogP contribution in [0.25, 0.3) is 0 Å². The van der Waals surface area contributed by atoms with Crippen LogP contribution in [0.2, 0.25) is 0 Å². The quantitative estimate of drug-likeness (QED) is 0.452. The van der Waals surface area contributed by atoms with Crippen molar-refractivity contribution in [1.82, 2.24) is 0 Å². The van der Waals surface area contributed by atoms with E-state index in [1.165, 1.54) is 19.3 Å². The number of nitrogens with two attached hydrogens (primary N) is 1. The summed E-state index contributed by atoms with van der Waals surface area (Å²) in [6, 6.07) is 5.12. The van der Waals surface area contributed by atoms with E-state index in [1.54, 1.807) is 18.2 Å². The molecule has 0 saturated heterocycles. The van der Waals surface area contributed by atoms with Gasteiger partial charge in [-0.15, -0.1) is 0 Å². The Hall–Kier alpha value is -1.36. The van der Waals surface area contributed by atoms with Gasteiger partial charge < -0.3 is 15.8 Å². The molecule has 0 aliphatic carbocycles. The highest BCUT2D eigenvalue weighted by Crippen LogP contribution is 2.20. The minimum Gasteiger partial charge on any atom is -0.465 e. The van der Waals surface area contributed by atoms with Crippen LogP contribution in [-0.4, -0.2) is 31.6 Å². The molecule has 0 unspecified atom stereocenters. The van der Waals surface area contributed by atoms with Crippen LogP contribution in [-0.2, 0) is 4.74 Å². The molecule has 0 aliphatic heterocycles. The number of thioether (sulfide) groups is 1. The van der Waals surface area contributed by atoms with Gasteiger partial charge in [-0.05, 0) is 43.0 Å². The zero-order chi connectivity index (χ0) is 13.4. The summed E-state index contributed by atoms with van der Waals surface area (Å²) in [6.45, 7) is 0.857. The average Bonchev–Trinajstić information content (AvgIpc) is 2.39. The van der Waals surface area contributed by atoms with Gasteiger partial charge in [0.15, 0.2) is 0 Å². The summed E-state index contributed by atoms with van der Waals surface area (Å²) in [5.74, 6) is 0.819. The van der Waals surface area contributed by atoms with Gasteiger partial charge in [-0.1, -0.05) is 0 Å². The Morgan fingerprint density at radius 2 is 2.22 bits per heavy atom. The smallest absolute Gasteiger partial charge is 0.337 e. The molecule has 0 fully saturated rings. The third-order valence-electron chi connectivity index (χ3n) is 2.57. The van der Waals surface area contributed by atoms with E-state index in [4.69, 9.17) is 5.73 Å². The number of esters is 1. The molecule has 18 heavy (non-hydrogen) atoms. The van der Waals surface area contributed by atoms with E-state index in [9.17, 15) is 4.79 Å². The van der Waals surface area contributed by atoms with Crippen LogP contribution in [0.1, 0.15) is 23.2 Å². The zero-order valence-corrected chi connectivity index (χ0v) is 11.7. The van der Waals surface area contributed by atoms with Gasteiger partial charge in [-0.3, -0.25) is 0 Å². The first-order valence-corrected chi connectivity index (χ1v) is 7.29. The molecule has 0 atom stereocenters. The third-order valence-corrected chi connectivity index (χ3v) is 3.26. The number of nitrogen functional groups attached to an aromatic ring is 1. The predicted molar refractivity (Wildman–Crippen MR) is 78.3 cm³/mol. The van der Waals surface area contributed by atoms with Crippen LogP contribution in [0.15, 0.2) is 18.2 Å². The third kappa shape index (κ3) is 4.49. The summed E-state index contributed by atoms with van der Waals surface area (Å²) in [5, 5.41) is 3.25. The molecule has 1 aromatic carbocycles. The maximum atomic E-state index is 11.4. The maximum Gasteiger partial charge on any atom is 0.337 e. The van der Waals surface area contributed by atoms with Crippen molar-refractivity contribution in [2.75, 3.05) is 36.7 Å². The van der Waals surface area contributed by atoms with Crippen molar-refractivity contribution in [2.45, 2.75) is 12.8 Å². The lowest BCUT2D eigenvalue weighted by molar-refractivity contribution is 0.0601. The largest absolute Gasteiger partial charge is 0.465 e. The molecule has 0 spiro atoms. The highest BCUT2D eigenvalue weighted by molar-refractivity contribution is 7.98. The summed E-state index contributed by atoms with van der Waals surface area (Å²) >= 11 is 1.85. The maximum absolute atomic E-state index is 11.4. The number of carbonyl (C=O) groups is 1. The molecular formula is C13H20N2O2S. The first-order valence-electron chi connectivity index (χ1n) is 5.89. The van der Waals surface area contributed by atoms with Crippen molar-refractivity contribution in [1.29, 1.82) is 0 Å². The van der Waals surface area contributed by atoms with Gasteiger partial charge in [0.1, 0.15) is 0 Å². The number of rotatable bonds is 7. The second-order valence-electron chi connectivity index (χ2n) is 3.92. The number of nitrogens with one attached hydrogen (secondary N) is 1. The van der Waals surface area contributed by atoms with Crippen molar-refractivity contribution < 1.29 is 9.53 Å². The van der Waals surface area contributed by atoms with Gasteiger partial charge in [0.2, 0.25) is 0 Å². The van der Waals surface area contributed by atoms with Crippen LogP contribution in [0.3, 0.4) is 0 Å². The summed E-state index contributed by atoms with van der Waals surface area (Å²) < 4.78 is 4.68. The van der Waals surface area contributed by atoms with E-state index in [1.807, 2.05) is 11.8 Å². The SMILES string of the molecule is COC(=O)c1ccc(N)c(NCCCCSC)c1. The van der Waals surface area contributed by atoms with Crippen LogP contribution < -0.4 is 11.1 Å². The number of hydrogen-bond donors (Lipinski definition) is 2. The topological polar surface area (TPSA) is 64.3 Å². The number of carbonyl (C=O) groups excluding carboxylic acids is 1. The fourth-order valence-electron chi connectivity index (χ4n) is 1.55. The van der Waals surface area contributed by atoms with E-state index >= 15 is 0 Å². The van der Waals surface area contributed by atoms with Crippen molar-refractivity contribution >= 4 is 29.1 Å². The molecule has 100 valence electrons. The molecule has 4 nitrogen and oxygen atoms in total. The second kappa shape index (κ2) is 7.87. The second-order valence-corrected chi connectivity index (χ2v) is 4.91. The number of anilines is 2. The minimum absolute atomic E-state index is 0.347. The summed E-state index contributed by atoms with van der Waals surface area (Å²) in [5.41, 5.74) is 7.80. The number of ether oxygens (including phenoxy) is 1.